The second-order valence-electron chi connectivity index (χ2n) is 2.41. The molecule has 0 spiro atoms. The van der Waals surface area contributed by atoms with Crippen LogP contribution in [-0.2, 0) is 14.3 Å². The minimum absolute atomic E-state index is 0.0518. The van der Waals surface area contributed by atoms with Gasteiger partial charge in [0.15, 0.2) is 12.1 Å². The van der Waals surface area contributed by atoms with E-state index in [1.54, 1.807) is 0 Å². The van der Waals surface area contributed by atoms with Crippen molar-refractivity contribution in [3.63, 3.8) is 0 Å². The van der Waals surface area contributed by atoms with Crippen LogP contribution in [0.4, 0.5) is 0 Å². The first-order valence-corrected chi connectivity index (χ1v) is 3.51. The lowest BCUT2D eigenvalue weighted by Crippen LogP contribution is -2.20. The van der Waals surface area contributed by atoms with Crippen molar-refractivity contribution in [3.8, 4) is 0 Å². The van der Waals surface area contributed by atoms with Crippen molar-refractivity contribution in [1.29, 1.82) is 0 Å². The number of carbonyl (C=O) groups excluding carboxylic acids is 1. The summed E-state index contributed by atoms with van der Waals surface area (Å²) in [5.41, 5.74) is 0. The fourth-order valence-corrected chi connectivity index (χ4v) is 0.884. The highest BCUT2D eigenvalue weighted by Gasteiger charge is 2.27. The number of hydrogen-bond acceptors (Lipinski definition) is 3. The third-order valence-electron chi connectivity index (χ3n) is 1.54. The Morgan fingerprint density at radius 1 is 1.70 bits per heavy atom. The molecular weight excluding hydrogens is 132 g/mol. The van der Waals surface area contributed by atoms with Crippen LogP contribution in [0.15, 0.2) is 0 Å². The molecule has 2 atom stereocenters. The summed E-state index contributed by atoms with van der Waals surface area (Å²) in [6.45, 7) is 3.91. The average molecular weight is 144 g/mol. The first-order valence-electron chi connectivity index (χ1n) is 3.51. The van der Waals surface area contributed by atoms with Gasteiger partial charge in [-0.3, -0.25) is 4.79 Å². The smallest absolute Gasteiger partial charge is 0.161 e. The largest absolute Gasteiger partial charge is 0.349 e. The lowest BCUT2D eigenvalue weighted by Gasteiger charge is -2.05. The van der Waals surface area contributed by atoms with Crippen molar-refractivity contribution >= 4 is 5.78 Å². The summed E-state index contributed by atoms with van der Waals surface area (Å²) in [6, 6.07) is 0. The lowest BCUT2D eigenvalue weighted by molar-refractivity contribution is -0.129. The van der Waals surface area contributed by atoms with Crippen molar-refractivity contribution in [2.75, 3.05) is 6.61 Å². The summed E-state index contributed by atoms with van der Waals surface area (Å²) in [4.78, 5) is 10.7. The van der Waals surface area contributed by atoms with E-state index in [-0.39, 0.29) is 18.2 Å². The zero-order valence-corrected chi connectivity index (χ0v) is 6.29. The van der Waals surface area contributed by atoms with E-state index in [0.29, 0.717) is 6.61 Å². The number of carbonyl (C=O) groups is 1. The van der Waals surface area contributed by atoms with Crippen LogP contribution in [-0.4, -0.2) is 24.8 Å². The Labute approximate surface area is 60.3 Å². The van der Waals surface area contributed by atoms with Gasteiger partial charge in [-0.05, 0) is 13.3 Å². The van der Waals surface area contributed by atoms with Crippen LogP contribution in [0, 0.1) is 0 Å². The van der Waals surface area contributed by atoms with E-state index < -0.39 is 0 Å². The van der Waals surface area contributed by atoms with Gasteiger partial charge in [0.1, 0.15) is 6.10 Å². The standard InChI is InChI=1S/C7H12O3/c1-3-7-9-4-6(10-7)5(2)8/h6-7H,3-4H2,1-2H3/t6?,7-/m1/s1. The molecule has 1 saturated heterocycles. The molecule has 0 N–H and O–H groups in total. The van der Waals surface area contributed by atoms with Gasteiger partial charge in [-0.2, -0.15) is 0 Å². The predicted molar refractivity (Wildman–Crippen MR) is 35.6 cm³/mol. The molecule has 0 aromatic heterocycles. The topological polar surface area (TPSA) is 35.5 Å². The van der Waals surface area contributed by atoms with Crippen LogP contribution >= 0.6 is 0 Å². The van der Waals surface area contributed by atoms with Gasteiger partial charge < -0.3 is 9.47 Å². The fraction of sp³-hybridized carbons (Fsp3) is 0.857. The number of ether oxygens (including phenoxy) is 2. The van der Waals surface area contributed by atoms with Gasteiger partial charge in [0.05, 0.1) is 6.61 Å². The van der Waals surface area contributed by atoms with Gasteiger partial charge in [-0.15, -0.1) is 0 Å². The summed E-state index contributed by atoms with van der Waals surface area (Å²) in [7, 11) is 0. The van der Waals surface area contributed by atoms with E-state index in [2.05, 4.69) is 0 Å². The van der Waals surface area contributed by atoms with Crippen molar-refractivity contribution in [1.82, 2.24) is 0 Å². The highest BCUT2D eigenvalue weighted by molar-refractivity contribution is 5.80. The van der Waals surface area contributed by atoms with Gasteiger partial charge in [0.25, 0.3) is 0 Å². The van der Waals surface area contributed by atoms with Crippen molar-refractivity contribution in [2.24, 2.45) is 0 Å². The Hall–Kier alpha value is -0.410. The third-order valence-corrected chi connectivity index (χ3v) is 1.54. The van der Waals surface area contributed by atoms with Crippen LogP contribution < -0.4 is 0 Å². The highest BCUT2D eigenvalue weighted by atomic mass is 16.7. The quantitative estimate of drug-likeness (QED) is 0.573. The molecular formula is C7H12O3. The van der Waals surface area contributed by atoms with Crippen LogP contribution in [0.2, 0.25) is 0 Å². The molecule has 0 aromatic rings. The Morgan fingerprint density at radius 3 is 2.70 bits per heavy atom. The number of hydrogen-bond donors (Lipinski definition) is 0. The van der Waals surface area contributed by atoms with Crippen LogP contribution in [0.5, 0.6) is 0 Å². The Balaban J connectivity index is 2.35. The summed E-state index contributed by atoms with van der Waals surface area (Å²) in [6.07, 6.45) is 0.336. The Morgan fingerprint density at radius 2 is 2.40 bits per heavy atom. The molecule has 1 aliphatic rings. The van der Waals surface area contributed by atoms with Crippen LogP contribution in [0.25, 0.3) is 0 Å². The predicted octanol–water partition coefficient (Wildman–Crippen LogP) is 0.727. The van der Waals surface area contributed by atoms with Gasteiger partial charge in [0, 0.05) is 0 Å². The maximum atomic E-state index is 10.7. The second kappa shape index (κ2) is 3.12. The molecule has 1 fully saturated rings. The molecule has 1 unspecified atom stereocenters. The molecule has 1 aliphatic heterocycles. The van der Waals surface area contributed by atoms with Crippen molar-refractivity contribution in [2.45, 2.75) is 32.7 Å². The van der Waals surface area contributed by atoms with Crippen molar-refractivity contribution < 1.29 is 14.3 Å². The van der Waals surface area contributed by atoms with Gasteiger partial charge in [0.2, 0.25) is 0 Å². The molecule has 0 aliphatic carbocycles. The van der Waals surface area contributed by atoms with Gasteiger partial charge >= 0.3 is 0 Å². The summed E-state index contributed by atoms with van der Waals surface area (Å²) < 4.78 is 10.3. The molecule has 1 heterocycles. The average Bonchev–Trinajstić information content (AvgIpc) is 2.34. The van der Waals surface area contributed by atoms with E-state index in [0.717, 1.165) is 6.42 Å². The molecule has 0 bridgehead atoms. The summed E-state index contributed by atoms with van der Waals surface area (Å²) >= 11 is 0. The monoisotopic (exact) mass is 144 g/mol. The Bertz CT molecular complexity index is 133. The molecule has 1 rings (SSSR count). The number of Topliss-reactive ketones (excluding diaryl/α,β-unsaturated/α-hetero) is 1. The zero-order valence-electron chi connectivity index (χ0n) is 6.29. The van der Waals surface area contributed by atoms with Gasteiger partial charge in [-0.25, -0.2) is 0 Å². The molecule has 0 amide bonds. The minimum Gasteiger partial charge on any atom is -0.349 e. The maximum Gasteiger partial charge on any atom is 0.161 e. The first-order chi connectivity index (χ1) is 4.74. The van der Waals surface area contributed by atoms with Gasteiger partial charge in [-0.1, -0.05) is 6.92 Å². The van der Waals surface area contributed by atoms with Crippen LogP contribution in [0.3, 0.4) is 0 Å². The SMILES string of the molecule is CC[C@@H]1OCC(C(C)=O)O1. The molecule has 0 radical (unpaired) electrons. The molecule has 0 saturated carbocycles. The van der Waals surface area contributed by atoms with E-state index >= 15 is 0 Å². The first kappa shape index (κ1) is 7.69. The van der Waals surface area contributed by atoms with Crippen LogP contribution in [0.1, 0.15) is 20.3 Å². The second-order valence-corrected chi connectivity index (χ2v) is 2.41. The highest BCUT2D eigenvalue weighted by Crippen LogP contribution is 2.14. The Kier molecular flexibility index (Phi) is 2.40. The molecule has 3 nitrogen and oxygen atoms in total. The third kappa shape index (κ3) is 1.55. The normalized spacial score (nSPS) is 32.6. The number of ketones is 1. The lowest BCUT2D eigenvalue weighted by atomic mass is 10.3. The van der Waals surface area contributed by atoms with Crippen molar-refractivity contribution in [3.05, 3.63) is 0 Å². The summed E-state index contributed by atoms with van der Waals surface area (Å²) in [5.74, 6) is 0.0518. The van der Waals surface area contributed by atoms with E-state index in [9.17, 15) is 4.79 Å². The maximum absolute atomic E-state index is 10.7. The van der Waals surface area contributed by atoms with E-state index in [1.165, 1.54) is 6.92 Å². The minimum atomic E-state index is -0.315. The molecule has 3 heteroatoms. The zero-order chi connectivity index (χ0) is 7.56. The van der Waals surface area contributed by atoms with E-state index in [1.807, 2.05) is 6.92 Å². The molecule has 58 valence electrons. The number of rotatable bonds is 2. The van der Waals surface area contributed by atoms with E-state index in [4.69, 9.17) is 9.47 Å². The summed E-state index contributed by atoms with van der Waals surface area (Å²) in [5, 5.41) is 0. The molecule has 10 heavy (non-hydrogen) atoms. The molecule has 0 aromatic carbocycles. The fourth-order valence-electron chi connectivity index (χ4n) is 0.884.